The normalized spacial score (nSPS) is 23.6. The molecule has 6 heteroatoms. The van der Waals surface area contributed by atoms with Gasteiger partial charge in [0.05, 0.1) is 11.7 Å². The van der Waals surface area contributed by atoms with Crippen molar-refractivity contribution in [2.45, 2.75) is 35.8 Å². The number of benzene rings is 1. The number of ether oxygens (including phenoxy) is 1. The van der Waals surface area contributed by atoms with Crippen molar-refractivity contribution in [3.8, 4) is 0 Å². The molecule has 2 atom stereocenters. The number of halogens is 3. The zero-order valence-electron chi connectivity index (χ0n) is 10.2. The molecule has 1 aromatic rings. The van der Waals surface area contributed by atoms with Gasteiger partial charge in [-0.05, 0) is 31.5 Å². The Hall–Kier alpha value is -1.01. The molecule has 2 unspecified atom stereocenters. The molecule has 0 aliphatic carbocycles. The number of hydrogen-bond donors (Lipinski definition) is 0. The van der Waals surface area contributed by atoms with Gasteiger partial charge in [0, 0.05) is 22.3 Å². The van der Waals surface area contributed by atoms with Crippen LogP contribution in [0.3, 0.4) is 0 Å². The summed E-state index contributed by atoms with van der Waals surface area (Å²) in [5.41, 5.74) is -1.20. The topological polar surface area (TPSA) is 26.3 Å². The van der Waals surface area contributed by atoms with Crippen molar-refractivity contribution in [3.63, 3.8) is 0 Å². The molecule has 1 heterocycles. The number of alkyl halides is 3. The van der Waals surface area contributed by atoms with E-state index in [9.17, 15) is 18.0 Å². The Morgan fingerprint density at radius 3 is 2.68 bits per heavy atom. The van der Waals surface area contributed by atoms with Gasteiger partial charge in [-0.2, -0.15) is 13.2 Å². The molecule has 104 valence electrons. The van der Waals surface area contributed by atoms with Crippen LogP contribution >= 0.6 is 11.8 Å². The highest BCUT2D eigenvalue weighted by atomic mass is 32.2. The van der Waals surface area contributed by atoms with E-state index in [4.69, 9.17) is 4.74 Å². The van der Waals surface area contributed by atoms with Crippen molar-refractivity contribution in [1.82, 2.24) is 0 Å². The van der Waals surface area contributed by atoms with Crippen molar-refractivity contribution in [1.29, 1.82) is 0 Å². The van der Waals surface area contributed by atoms with Crippen LogP contribution in [0.5, 0.6) is 0 Å². The minimum absolute atomic E-state index is 0.0325. The third-order valence-corrected chi connectivity index (χ3v) is 4.50. The molecule has 0 radical (unpaired) electrons. The number of aldehydes is 1. The van der Waals surface area contributed by atoms with Crippen LogP contribution in [-0.4, -0.2) is 24.2 Å². The standard InChI is InChI=1S/C13H13F3O2S/c1-8-12(4-5-18-8)19-10-3-2-9(7-17)11(6-10)13(14,15)16/h2-3,6-8,12H,4-5H2,1H3. The molecule has 0 bridgehead atoms. The lowest BCUT2D eigenvalue weighted by molar-refractivity contribution is -0.138. The molecule has 0 spiro atoms. The fourth-order valence-electron chi connectivity index (χ4n) is 2.00. The van der Waals surface area contributed by atoms with Crippen LogP contribution in [0.1, 0.15) is 29.3 Å². The Morgan fingerprint density at radius 2 is 2.16 bits per heavy atom. The Morgan fingerprint density at radius 1 is 1.42 bits per heavy atom. The predicted octanol–water partition coefficient (Wildman–Crippen LogP) is 3.79. The van der Waals surface area contributed by atoms with Crippen LogP contribution in [0.4, 0.5) is 13.2 Å². The summed E-state index contributed by atoms with van der Waals surface area (Å²) in [4.78, 5) is 11.2. The molecule has 1 aromatic carbocycles. The van der Waals surface area contributed by atoms with Gasteiger partial charge < -0.3 is 4.74 Å². The fourth-order valence-corrected chi connectivity index (χ4v) is 3.16. The molecular weight excluding hydrogens is 277 g/mol. The summed E-state index contributed by atoms with van der Waals surface area (Å²) in [6.45, 7) is 2.55. The van der Waals surface area contributed by atoms with Gasteiger partial charge in [0.1, 0.15) is 0 Å². The summed E-state index contributed by atoms with van der Waals surface area (Å²) >= 11 is 1.37. The maximum atomic E-state index is 12.8. The van der Waals surface area contributed by atoms with E-state index < -0.39 is 11.7 Å². The smallest absolute Gasteiger partial charge is 0.377 e. The summed E-state index contributed by atoms with van der Waals surface area (Å²) in [6, 6.07) is 3.81. The minimum Gasteiger partial charge on any atom is -0.377 e. The Labute approximate surface area is 113 Å². The second-order valence-electron chi connectivity index (χ2n) is 4.39. The predicted molar refractivity (Wildman–Crippen MR) is 66.5 cm³/mol. The van der Waals surface area contributed by atoms with Crippen molar-refractivity contribution in [2.24, 2.45) is 0 Å². The zero-order chi connectivity index (χ0) is 14.0. The summed E-state index contributed by atoms with van der Waals surface area (Å²) in [5.74, 6) is 0. The monoisotopic (exact) mass is 290 g/mol. The fraction of sp³-hybridized carbons (Fsp3) is 0.462. The van der Waals surface area contributed by atoms with Crippen LogP contribution in [-0.2, 0) is 10.9 Å². The zero-order valence-corrected chi connectivity index (χ0v) is 11.1. The first-order chi connectivity index (χ1) is 8.91. The molecule has 2 nitrogen and oxygen atoms in total. The molecule has 0 N–H and O–H groups in total. The van der Waals surface area contributed by atoms with Gasteiger partial charge in [0.2, 0.25) is 0 Å². The third kappa shape index (κ3) is 3.30. The lowest BCUT2D eigenvalue weighted by Gasteiger charge is -2.15. The van der Waals surface area contributed by atoms with E-state index in [2.05, 4.69) is 0 Å². The molecular formula is C13H13F3O2S. The maximum absolute atomic E-state index is 12.8. The van der Waals surface area contributed by atoms with Gasteiger partial charge >= 0.3 is 6.18 Å². The van der Waals surface area contributed by atoms with Gasteiger partial charge in [-0.15, -0.1) is 11.8 Å². The van der Waals surface area contributed by atoms with E-state index in [0.29, 0.717) is 11.5 Å². The summed E-state index contributed by atoms with van der Waals surface area (Å²) in [6.07, 6.45) is -3.42. The van der Waals surface area contributed by atoms with E-state index in [-0.39, 0.29) is 23.2 Å². The highest BCUT2D eigenvalue weighted by Gasteiger charge is 2.34. The number of carbonyl (C=O) groups is 1. The molecule has 0 aromatic heterocycles. The average molecular weight is 290 g/mol. The van der Waals surface area contributed by atoms with Crippen molar-refractivity contribution < 1.29 is 22.7 Å². The molecule has 1 saturated heterocycles. The van der Waals surface area contributed by atoms with E-state index in [1.54, 1.807) is 6.07 Å². The maximum Gasteiger partial charge on any atom is 0.417 e. The van der Waals surface area contributed by atoms with E-state index in [0.717, 1.165) is 12.5 Å². The largest absolute Gasteiger partial charge is 0.417 e. The molecule has 2 rings (SSSR count). The minimum atomic E-state index is -4.51. The number of hydrogen-bond acceptors (Lipinski definition) is 3. The summed E-state index contributed by atoms with van der Waals surface area (Å²) < 4.78 is 43.8. The Bertz CT molecular complexity index is 473. The lowest BCUT2D eigenvalue weighted by Crippen LogP contribution is -2.13. The first kappa shape index (κ1) is 14.4. The van der Waals surface area contributed by atoms with Crippen LogP contribution in [0, 0.1) is 0 Å². The number of carbonyl (C=O) groups excluding carboxylic acids is 1. The molecule has 0 amide bonds. The van der Waals surface area contributed by atoms with Gasteiger partial charge in [-0.1, -0.05) is 0 Å². The van der Waals surface area contributed by atoms with Gasteiger partial charge in [0.15, 0.2) is 6.29 Å². The van der Waals surface area contributed by atoms with Crippen molar-refractivity contribution in [2.75, 3.05) is 6.61 Å². The van der Waals surface area contributed by atoms with Gasteiger partial charge in [-0.25, -0.2) is 0 Å². The van der Waals surface area contributed by atoms with Crippen LogP contribution in [0.15, 0.2) is 23.1 Å². The first-order valence-corrected chi connectivity index (χ1v) is 6.74. The van der Waals surface area contributed by atoms with Gasteiger partial charge in [-0.3, -0.25) is 4.79 Å². The third-order valence-electron chi connectivity index (χ3n) is 3.05. The summed E-state index contributed by atoms with van der Waals surface area (Å²) in [5, 5.41) is 0.156. The van der Waals surface area contributed by atoms with E-state index in [1.807, 2.05) is 6.92 Å². The van der Waals surface area contributed by atoms with Crippen LogP contribution < -0.4 is 0 Å². The highest BCUT2D eigenvalue weighted by molar-refractivity contribution is 8.00. The number of thioether (sulfide) groups is 1. The quantitative estimate of drug-likeness (QED) is 0.792. The Kier molecular flexibility index (Phi) is 4.20. The van der Waals surface area contributed by atoms with Crippen molar-refractivity contribution >= 4 is 18.0 Å². The second kappa shape index (κ2) is 5.54. The Balaban J connectivity index is 2.25. The van der Waals surface area contributed by atoms with E-state index in [1.165, 1.54) is 17.8 Å². The molecule has 1 aliphatic rings. The second-order valence-corrected chi connectivity index (χ2v) is 5.70. The average Bonchev–Trinajstić information content (AvgIpc) is 2.74. The summed E-state index contributed by atoms with van der Waals surface area (Å²) in [7, 11) is 0. The highest BCUT2D eigenvalue weighted by Crippen LogP contribution is 2.37. The molecule has 0 saturated carbocycles. The number of rotatable bonds is 3. The molecule has 19 heavy (non-hydrogen) atoms. The van der Waals surface area contributed by atoms with Gasteiger partial charge in [0.25, 0.3) is 0 Å². The van der Waals surface area contributed by atoms with E-state index >= 15 is 0 Å². The van der Waals surface area contributed by atoms with Crippen LogP contribution in [0.2, 0.25) is 0 Å². The molecule has 1 fully saturated rings. The first-order valence-electron chi connectivity index (χ1n) is 5.86. The van der Waals surface area contributed by atoms with Crippen LogP contribution in [0.25, 0.3) is 0 Å². The van der Waals surface area contributed by atoms with Crippen molar-refractivity contribution in [3.05, 3.63) is 29.3 Å². The lowest BCUT2D eigenvalue weighted by atomic mass is 10.1. The molecule has 1 aliphatic heterocycles. The SMILES string of the molecule is CC1OCCC1Sc1ccc(C=O)c(C(F)(F)F)c1.